The fraction of sp³-hybridized carbons (Fsp3) is 0.250. The number of carbonyl (C=O) groups excluding carboxylic acids is 1. The maximum Gasteiger partial charge on any atom is 0.177 e. The number of pyridine rings is 1. The molecule has 2 rings (SSSR count). The summed E-state index contributed by atoms with van der Waals surface area (Å²) in [5.74, 6) is -0.946. The summed E-state index contributed by atoms with van der Waals surface area (Å²) in [6.45, 7) is 1.58. The van der Waals surface area contributed by atoms with Crippen molar-refractivity contribution in [1.82, 2.24) is 4.98 Å². The standard InChI is InChI=1S/C16H16ClNO4S/c1-10-5-11(16(20)9-23(2,21)22)3-4-13(10)12-6-14(17)15(8-19)18-7-12/h3-7,19H,8-9H2,1-2H3. The summed E-state index contributed by atoms with van der Waals surface area (Å²) in [7, 11) is -3.36. The van der Waals surface area contributed by atoms with Gasteiger partial charge in [0.05, 0.1) is 17.3 Å². The van der Waals surface area contributed by atoms with Gasteiger partial charge in [-0.3, -0.25) is 9.78 Å². The molecule has 0 saturated carbocycles. The molecular formula is C16H16ClNO4S. The Morgan fingerprint density at radius 3 is 2.52 bits per heavy atom. The van der Waals surface area contributed by atoms with E-state index < -0.39 is 21.4 Å². The molecule has 1 aromatic carbocycles. The van der Waals surface area contributed by atoms with E-state index in [0.29, 0.717) is 16.3 Å². The van der Waals surface area contributed by atoms with Crippen LogP contribution in [-0.2, 0) is 16.4 Å². The van der Waals surface area contributed by atoms with Gasteiger partial charge in [0.15, 0.2) is 15.6 Å². The van der Waals surface area contributed by atoms with Crippen LogP contribution < -0.4 is 0 Å². The van der Waals surface area contributed by atoms with Gasteiger partial charge in [-0.1, -0.05) is 23.7 Å². The van der Waals surface area contributed by atoms with E-state index in [1.54, 1.807) is 30.5 Å². The van der Waals surface area contributed by atoms with Crippen molar-refractivity contribution in [3.63, 3.8) is 0 Å². The van der Waals surface area contributed by atoms with Crippen LogP contribution in [0.1, 0.15) is 21.6 Å². The lowest BCUT2D eigenvalue weighted by Crippen LogP contribution is -2.14. The average Bonchev–Trinajstić information content (AvgIpc) is 2.45. The van der Waals surface area contributed by atoms with Crippen LogP contribution in [0.25, 0.3) is 11.1 Å². The molecule has 1 N–H and O–H groups in total. The van der Waals surface area contributed by atoms with E-state index in [0.717, 1.165) is 22.9 Å². The molecule has 5 nitrogen and oxygen atoms in total. The van der Waals surface area contributed by atoms with Crippen LogP contribution in [0.5, 0.6) is 0 Å². The summed E-state index contributed by atoms with van der Waals surface area (Å²) in [5, 5.41) is 9.45. The molecule has 0 fully saturated rings. The van der Waals surface area contributed by atoms with Gasteiger partial charge in [0.2, 0.25) is 0 Å². The molecule has 0 unspecified atom stereocenters. The first-order valence-electron chi connectivity index (χ1n) is 6.78. The number of aromatic nitrogens is 1. The van der Waals surface area contributed by atoms with E-state index in [9.17, 15) is 13.2 Å². The Morgan fingerprint density at radius 1 is 1.30 bits per heavy atom. The molecule has 0 amide bonds. The van der Waals surface area contributed by atoms with Crippen molar-refractivity contribution in [1.29, 1.82) is 0 Å². The maximum atomic E-state index is 12.0. The number of aliphatic hydroxyl groups is 1. The normalized spacial score (nSPS) is 11.5. The molecule has 0 aliphatic rings. The van der Waals surface area contributed by atoms with Crippen LogP contribution in [0, 0.1) is 6.92 Å². The van der Waals surface area contributed by atoms with Gasteiger partial charge in [0.25, 0.3) is 0 Å². The molecule has 0 atom stereocenters. The minimum atomic E-state index is -3.36. The van der Waals surface area contributed by atoms with Crippen molar-refractivity contribution in [3.05, 3.63) is 52.3 Å². The zero-order valence-electron chi connectivity index (χ0n) is 12.7. The van der Waals surface area contributed by atoms with Crippen LogP contribution in [-0.4, -0.2) is 36.3 Å². The monoisotopic (exact) mass is 353 g/mol. The lowest BCUT2D eigenvalue weighted by Gasteiger charge is -2.09. The molecule has 1 aromatic heterocycles. The van der Waals surface area contributed by atoms with Gasteiger partial charge in [0.1, 0.15) is 5.75 Å². The van der Waals surface area contributed by atoms with Crippen LogP contribution >= 0.6 is 11.6 Å². The molecule has 0 aliphatic heterocycles. The van der Waals surface area contributed by atoms with E-state index in [2.05, 4.69) is 4.98 Å². The highest BCUT2D eigenvalue weighted by Crippen LogP contribution is 2.27. The second-order valence-corrected chi connectivity index (χ2v) is 7.88. The summed E-state index contributed by atoms with van der Waals surface area (Å²) in [5.41, 5.74) is 3.14. The third-order valence-corrected chi connectivity index (χ3v) is 4.43. The Kier molecular flexibility index (Phi) is 5.19. The number of carbonyl (C=O) groups is 1. The number of aryl methyl sites for hydroxylation is 1. The zero-order chi connectivity index (χ0) is 17.2. The topological polar surface area (TPSA) is 84.3 Å². The van der Waals surface area contributed by atoms with Gasteiger partial charge < -0.3 is 5.11 Å². The zero-order valence-corrected chi connectivity index (χ0v) is 14.3. The van der Waals surface area contributed by atoms with E-state index in [1.807, 2.05) is 6.92 Å². The highest BCUT2D eigenvalue weighted by molar-refractivity contribution is 7.91. The van der Waals surface area contributed by atoms with Crippen LogP contribution in [0.2, 0.25) is 5.02 Å². The fourth-order valence-corrected chi connectivity index (χ4v) is 3.08. The molecule has 0 saturated heterocycles. The third-order valence-electron chi connectivity index (χ3n) is 3.32. The maximum absolute atomic E-state index is 12.0. The minimum absolute atomic E-state index is 0.239. The minimum Gasteiger partial charge on any atom is -0.390 e. The first kappa shape index (κ1) is 17.6. The van der Waals surface area contributed by atoms with Crippen molar-refractivity contribution in [2.45, 2.75) is 13.5 Å². The van der Waals surface area contributed by atoms with Gasteiger partial charge in [0, 0.05) is 23.6 Å². The quantitative estimate of drug-likeness (QED) is 0.834. The molecule has 0 aliphatic carbocycles. The number of benzene rings is 1. The summed E-state index contributed by atoms with van der Waals surface area (Å²) in [4.78, 5) is 16.0. The van der Waals surface area contributed by atoms with Crippen LogP contribution in [0.15, 0.2) is 30.5 Å². The average molecular weight is 354 g/mol. The number of Topliss-reactive ketones (excluding diaryl/α,β-unsaturated/α-hetero) is 1. The van der Waals surface area contributed by atoms with Gasteiger partial charge in [-0.05, 0) is 30.2 Å². The fourth-order valence-electron chi connectivity index (χ4n) is 2.21. The van der Waals surface area contributed by atoms with Crippen LogP contribution in [0.3, 0.4) is 0 Å². The van der Waals surface area contributed by atoms with Gasteiger partial charge in [-0.15, -0.1) is 0 Å². The van der Waals surface area contributed by atoms with Crippen molar-refractivity contribution < 1.29 is 18.3 Å². The largest absolute Gasteiger partial charge is 0.390 e. The first-order chi connectivity index (χ1) is 10.7. The molecule has 0 radical (unpaired) electrons. The molecular weight excluding hydrogens is 338 g/mol. The highest BCUT2D eigenvalue weighted by atomic mass is 35.5. The number of hydrogen-bond donors (Lipinski definition) is 1. The van der Waals surface area contributed by atoms with E-state index in [4.69, 9.17) is 16.7 Å². The Balaban J connectivity index is 2.36. The summed E-state index contributed by atoms with van der Waals surface area (Å²) in [6, 6.07) is 6.66. The summed E-state index contributed by atoms with van der Waals surface area (Å²) >= 11 is 6.04. The van der Waals surface area contributed by atoms with Crippen molar-refractivity contribution >= 4 is 27.2 Å². The van der Waals surface area contributed by atoms with Crippen LogP contribution in [0.4, 0.5) is 0 Å². The first-order valence-corrected chi connectivity index (χ1v) is 9.22. The molecule has 1 heterocycles. The number of rotatable bonds is 5. The van der Waals surface area contributed by atoms with Gasteiger partial charge in [-0.2, -0.15) is 0 Å². The number of hydrogen-bond acceptors (Lipinski definition) is 5. The van der Waals surface area contributed by atoms with E-state index >= 15 is 0 Å². The highest BCUT2D eigenvalue weighted by Gasteiger charge is 2.15. The number of ketones is 1. The van der Waals surface area contributed by atoms with E-state index in [1.165, 1.54) is 0 Å². The molecule has 7 heteroatoms. The SMILES string of the molecule is Cc1cc(C(=O)CS(C)(=O)=O)ccc1-c1cnc(CO)c(Cl)c1. The number of halogens is 1. The van der Waals surface area contributed by atoms with Crippen molar-refractivity contribution in [2.75, 3.05) is 12.0 Å². The molecule has 0 spiro atoms. The van der Waals surface area contributed by atoms with Gasteiger partial charge >= 0.3 is 0 Å². The Bertz CT molecular complexity index is 862. The molecule has 0 bridgehead atoms. The molecule has 23 heavy (non-hydrogen) atoms. The summed E-state index contributed by atoms with van der Waals surface area (Å²) in [6.07, 6.45) is 2.63. The summed E-state index contributed by atoms with van der Waals surface area (Å²) < 4.78 is 22.4. The Labute approximate surface area is 139 Å². The number of nitrogens with zero attached hydrogens (tertiary/aromatic N) is 1. The lowest BCUT2D eigenvalue weighted by molar-refractivity contribution is 0.102. The predicted molar refractivity (Wildman–Crippen MR) is 89.4 cm³/mol. The van der Waals surface area contributed by atoms with Crippen molar-refractivity contribution in [3.8, 4) is 11.1 Å². The van der Waals surface area contributed by atoms with E-state index in [-0.39, 0.29) is 6.61 Å². The third kappa shape index (κ3) is 4.37. The molecule has 122 valence electrons. The number of aliphatic hydroxyl groups excluding tert-OH is 1. The van der Waals surface area contributed by atoms with Gasteiger partial charge in [-0.25, -0.2) is 8.42 Å². The predicted octanol–water partition coefficient (Wildman–Crippen LogP) is 2.43. The Hall–Kier alpha value is -1.76. The van der Waals surface area contributed by atoms with Crippen molar-refractivity contribution in [2.24, 2.45) is 0 Å². The smallest absolute Gasteiger partial charge is 0.177 e. The lowest BCUT2D eigenvalue weighted by atomic mass is 9.98. The second-order valence-electron chi connectivity index (χ2n) is 5.33. The number of sulfone groups is 1. The second kappa shape index (κ2) is 6.78. The Morgan fingerprint density at radius 2 is 2.00 bits per heavy atom. The molecule has 2 aromatic rings.